The fraction of sp³-hybridized carbons (Fsp3) is 0. The van der Waals surface area contributed by atoms with Crippen LogP contribution >= 0.6 is 8.58 Å². The van der Waals surface area contributed by atoms with Crippen LogP contribution in [0.5, 0.6) is 0 Å². The average molecular weight is 194 g/mol. The topological polar surface area (TPSA) is 0 Å². The summed E-state index contributed by atoms with van der Waals surface area (Å²) in [6.45, 7) is 0. The summed E-state index contributed by atoms with van der Waals surface area (Å²) in [4.78, 5) is 0. The molecule has 0 nitrogen and oxygen atoms in total. The number of hydrogen-bond donors (Lipinski definition) is 0. The molecule has 2 heteroatoms. The first-order chi connectivity index (χ1) is 6.45. The Balaban J connectivity index is 0.000000980. The van der Waals surface area contributed by atoms with Gasteiger partial charge in [0.05, 0.1) is 0 Å². The van der Waals surface area contributed by atoms with Crippen molar-refractivity contribution in [2.45, 2.75) is 0 Å². The standard InChI is InChI=1S/C12H11P.Li.H/c1-3-7-11(8-4-1)13-12-9-5-2-6-10-12;;/h1-10,13H;;. The van der Waals surface area contributed by atoms with Crippen molar-refractivity contribution in [3.8, 4) is 0 Å². The summed E-state index contributed by atoms with van der Waals surface area (Å²) < 4.78 is 0. The summed E-state index contributed by atoms with van der Waals surface area (Å²) in [7, 11) is 0.777. The second-order valence-corrected chi connectivity index (χ2v) is 4.26. The molecule has 0 heterocycles. The third-order valence-corrected chi connectivity index (χ3v) is 3.08. The van der Waals surface area contributed by atoms with Gasteiger partial charge >= 0.3 is 18.9 Å². The Morgan fingerprint density at radius 3 is 1.29 bits per heavy atom. The van der Waals surface area contributed by atoms with Gasteiger partial charge in [0.2, 0.25) is 0 Å². The molecule has 0 radical (unpaired) electrons. The van der Waals surface area contributed by atoms with Gasteiger partial charge in [-0.25, -0.2) is 0 Å². The Kier molecular flexibility index (Phi) is 4.98. The molecule has 14 heavy (non-hydrogen) atoms. The maximum atomic E-state index is 2.17. The molecule has 0 saturated carbocycles. The summed E-state index contributed by atoms with van der Waals surface area (Å²) in [5.74, 6) is 0. The first-order valence-electron chi connectivity index (χ1n) is 4.32. The van der Waals surface area contributed by atoms with Crippen molar-refractivity contribution >= 4 is 38.1 Å². The molecule has 0 aliphatic rings. The number of rotatable bonds is 2. The molecule has 66 valence electrons. The zero-order chi connectivity index (χ0) is 8.93. The van der Waals surface area contributed by atoms with Crippen molar-refractivity contribution in [1.82, 2.24) is 0 Å². The van der Waals surface area contributed by atoms with E-state index in [9.17, 15) is 0 Å². The first-order valence-corrected chi connectivity index (χ1v) is 5.32. The summed E-state index contributed by atoms with van der Waals surface area (Å²) in [5.41, 5.74) is 0. The van der Waals surface area contributed by atoms with Crippen LogP contribution in [-0.2, 0) is 0 Å². The van der Waals surface area contributed by atoms with Crippen LogP contribution in [0.15, 0.2) is 60.7 Å². The van der Waals surface area contributed by atoms with Crippen molar-refractivity contribution in [2.24, 2.45) is 0 Å². The first kappa shape index (κ1) is 11.5. The van der Waals surface area contributed by atoms with Gasteiger partial charge in [-0.1, -0.05) is 69.2 Å². The van der Waals surface area contributed by atoms with Crippen LogP contribution in [0, 0.1) is 0 Å². The molecular formula is C12H12LiP. The number of hydrogen-bond acceptors (Lipinski definition) is 0. The van der Waals surface area contributed by atoms with E-state index < -0.39 is 0 Å². The van der Waals surface area contributed by atoms with Crippen molar-refractivity contribution in [2.75, 3.05) is 0 Å². The van der Waals surface area contributed by atoms with Gasteiger partial charge < -0.3 is 0 Å². The predicted octanol–water partition coefficient (Wildman–Crippen LogP) is 1.67. The van der Waals surface area contributed by atoms with E-state index in [2.05, 4.69) is 60.7 Å². The van der Waals surface area contributed by atoms with Gasteiger partial charge in [0.1, 0.15) is 0 Å². The van der Waals surface area contributed by atoms with Crippen LogP contribution in [0.3, 0.4) is 0 Å². The minimum atomic E-state index is 0. The third-order valence-electron chi connectivity index (χ3n) is 1.84. The summed E-state index contributed by atoms with van der Waals surface area (Å²) in [6, 6.07) is 21.2. The van der Waals surface area contributed by atoms with E-state index in [0.29, 0.717) is 0 Å². The Hall–Kier alpha value is -0.533. The molecule has 0 saturated heterocycles. The minimum absolute atomic E-state index is 0. The molecule has 0 bridgehead atoms. The van der Waals surface area contributed by atoms with Gasteiger partial charge in [-0.15, -0.1) is 0 Å². The molecule has 2 rings (SSSR count). The third kappa shape index (κ3) is 3.32. The molecule has 0 aliphatic heterocycles. The van der Waals surface area contributed by atoms with Gasteiger partial charge in [0.25, 0.3) is 0 Å². The van der Waals surface area contributed by atoms with Crippen LogP contribution in [0.25, 0.3) is 0 Å². The Morgan fingerprint density at radius 1 is 0.571 bits per heavy atom. The molecule has 0 N–H and O–H groups in total. The maximum absolute atomic E-state index is 2.17. The SMILES string of the molecule is [LiH].c1ccc(Pc2ccccc2)cc1. The van der Waals surface area contributed by atoms with Crippen molar-refractivity contribution in [1.29, 1.82) is 0 Å². The molecule has 2 aromatic rings. The van der Waals surface area contributed by atoms with E-state index in [-0.39, 0.29) is 18.9 Å². The quantitative estimate of drug-likeness (QED) is 0.504. The zero-order valence-electron chi connectivity index (χ0n) is 7.27. The van der Waals surface area contributed by atoms with E-state index in [1.165, 1.54) is 10.6 Å². The normalized spacial score (nSPS) is 9.14. The van der Waals surface area contributed by atoms with E-state index in [4.69, 9.17) is 0 Å². The summed E-state index contributed by atoms with van der Waals surface area (Å²) in [6.07, 6.45) is 0. The second-order valence-electron chi connectivity index (χ2n) is 2.86. The van der Waals surface area contributed by atoms with Crippen LogP contribution in [-0.4, -0.2) is 18.9 Å². The Morgan fingerprint density at radius 2 is 0.929 bits per heavy atom. The molecule has 0 aromatic heterocycles. The Labute approximate surface area is 98.7 Å². The fourth-order valence-electron chi connectivity index (χ4n) is 1.21. The second kappa shape index (κ2) is 6.05. The summed E-state index contributed by atoms with van der Waals surface area (Å²) >= 11 is 0. The van der Waals surface area contributed by atoms with Crippen LogP contribution in [0.4, 0.5) is 0 Å². The molecule has 0 unspecified atom stereocenters. The van der Waals surface area contributed by atoms with E-state index >= 15 is 0 Å². The fourth-order valence-corrected chi connectivity index (χ4v) is 2.26. The van der Waals surface area contributed by atoms with Gasteiger partial charge in [0, 0.05) is 0 Å². The van der Waals surface area contributed by atoms with Gasteiger partial charge in [-0.2, -0.15) is 0 Å². The molecule has 0 spiro atoms. The minimum Gasteiger partial charge on any atom is -0.0622 e. The van der Waals surface area contributed by atoms with Crippen molar-refractivity contribution in [3.05, 3.63) is 60.7 Å². The average Bonchev–Trinajstić information content (AvgIpc) is 2.21. The monoisotopic (exact) mass is 194 g/mol. The van der Waals surface area contributed by atoms with Crippen LogP contribution in [0.2, 0.25) is 0 Å². The van der Waals surface area contributed by atoms with E-state index in [1.807, 2.05) is 0 Å². The molecule has 0 amide bonds. The molecule has 2 aromatic carbocycles. The maximum Gasteiger partial charge on any atom is -0.0226 e. The van der Waals surface area contributed by atoms with E-state index in [0.717, 1.165) is 8.58 Å². The van der Waals surface area contributed by atoms with Crippen molar-refractivity contribution < 1.29 is 0 Å². The summed E-state index contributed by atoms with van der Waals surface area (Å²) in [5, 5.41) is 2.79. The van der Waals surface area contributed by atoms with Gasteiger partial charge in [-0.05, 0) is 10.6 Å². The molecule has 0 atom stereocenters. The van der Waals surface area contributed by atoms with Gasteiger partial charge in [-0.3, -0.25) is 0 Å². The van der Waals surface area contributed by atoms with E-state index in [1.54, 1.807) is 0 Å². The molecule has 0 fully saturated rings. The molecular weight excluding hydrogens is 182 g/mol. The van der Waals surface area contributed by atoms with Crippen molar-refractivity contribution in [3.63, 3.8) is 0 Å². The van der Waals surface area contributed by atoms with Crippen LogP contribution < -0.4 is 10.6 Å². The van der Waals surface area contributed by atoms with Crippen LogP contribution in [0.1, 0.15) is 0 Å². The predicted molar refractivity (Wildman–Crippen MR) is 67.6 cm³/mol. The molecule has 0 aliphatic carbocycles. The zero-order valence-corrected chi connectivity index (χ0v) is 8.27. The number of benzene rings is 2. The van der Waals surface area contributed by atoms with Gasteiger partial charge in [0.15, 0.2) is 0 Å². The smallest absolute Gasteiger partial charge is 0.0226 e. The Bertz CT molecular complexity index is 321. The largest absolute Gasteiger partial charge is 0.0622 e.